The van der Waals surface area contributed by atoms with Crippen molar-refractivity contribution < 1.29 is 75.9 Å². The van der Waals surface area contributed by atoms with Crippen LogP contribution in [0.15, 0.2) is 12.2 Å². The molecule has 33 heavy (non-hydrogen) atoms. The molecule has 0 fully saturated rings. The molecule has 0 aromatic heterocycles. The minimum absolute atomic E-state index is 0.0957. The van der Waals surface area contributed by atoms with E-state index in [0.29, 0.717) is 0 Å². The monoisotopic (exact) mass is 531 g/mol. The summed E-state index contributed by atoms with van der Waals surface area (Å²) in [7, 11) is -6.79. The summed E-state index contributed by atoms with van der Waals surface area (Å²) in [6.45, 7) is 0.448. The lowest BCUT2D eigenvalue weighted by Crippen LogP contribution is -2.62. The summed E-state index contributed by atoms with van der Waals surface area (Å²) in [4.78, 5) is 23.5. The lowest BCUT2D eigenvalue weighted by molar-refractivity contribution is -0.350. The van der Waals surface area contributed by atoms with Crippen molar-refractivity contribution in [2.45, 2.75) is 49.1 Å². The molecule has 1 amide bonds. The molecule has 2 N–H and O–H groups in total. The Hall–Kier alpha value is -2.15. The number of esters is 1. The van der Waals surface area contributed by atoms with E-state index in [9.17, 15) is 61.9 Å². The van der Waals surface area contributed by atoms with E-state index < -0.39 is 76.5 Å². The standard InChI is InChI=1S/C14H15F10NO7S/c1-3-5-25-9(27)11(13(20,21)22,32-8(26)7(2)12(17,18)19)31-6-4-10(15,16)14(23,24)33(28,29)30/h2-6H2,1H3,(H,25,27)(H,28,29,30). The fourth-order valence-electron chi connectivity index (χ4n) is 1.73. The van der Waals surface area contributed by atoms with Crippen LogP contribution in [-0.2, 0) is 29.2 Å². The van der Waals surface area contributed by atoms with Crippen molar-refractivity contribution in [3.63, 3.8) is 0 Å². The molecule has 0 aliphatic rings. The summed E-state index contributed by atoms with van der Waals surface area (Å²) in [5, 5.41) is -4.82. The second kappa shape index (κ2) is 10.00. The van der Waals surface area contributed by atoms with E-state index in [1.54, 1.807) is 0 Å². The molecular weight excluding hydrogens is 516 g/mol. The molecule has 0 aliphatic carbocycles. The maximum Gasteiger partial charge on any atom is 0.466 e. The highest BCUT2D eigenvalue weighted by Gasteiger charge is 2.69. The van der Waals surface area contributed by atoms with Crippen LogP contribution in [0.2, 0.25) is 0 Å². The van der Waals surface area contributed by atoms with Gasteiger partial charge in [-0.2, -0.15) is 52.3 Å². The Labute approximate surface area is 178 Å². The highest BCUT2D eigenvalue weighted by Crippen LogP contribution is 2.42. The first-order valence-electron chi connectivity index (χ1n) is 8.19. The van der Waals surface area contributed by atoms with Crippen LogP contribution in [0.5, 0.6) is 0 Å². The summed E-state index contributed by atoms with van der Waals surface area (Å²) in [5.41, 5.74) is -2.58. The predicted octanol–water partition coefficient (Wildman–Crippen LogP) is 2.96. The SMILES string of the molecule is C=C(C(=O)OC(OCCC(F)(F)C(F)(F)S(=O)(=O)O)(C(=O)NCCC)C(F)(F)F)C(F)(F)F. The molecule has 0 aromatic rings. The second-order valence-electron chi connectivity index (χ2n) is 6.03. The second-order valence-corrected chi connectivity index (χ2v) is 7.49. The number of amides is 1. The first-order valence-corrected chi connectivity index (χ1v) is 9.63. The van der Waals surface area contributed by atoms with Crippen LogP contribution >= 0.6 is 0 Å². The fraction of sp³-hybridized carbons (Fsp3) is 0.714. The van der Waals surface area contributed by atoms with Crippen LogP contribution in [0.1, 0.15) is 19.8 Å². The van der Waals surface area contributed by atoms with Crippen molar-refractivity contribution in [1.29, 1.82) is 0 Å². The molecule has 0 heterocycles. The average Bonchev–Trinajstić information content (AvgIpc) is 2.61. The molecule has 0 spiro atoms. The quantitative estimate of drug-likeness (QED) is 0.138. The molecule has 0 rings (SSSR count). The normalized spacial score (nSPS) is 15.5. The fourth-order valence-corrected chi connectivity index (χ4v) is 2.21. The van der Waals surface area contributed by atoms with Gasteiger partial charge in [-0.1, -0.05) is 13.5 Å². The summed E-state index contributed by atoms with van der Waals surface area (Å²) >= 11 is 0. The van der Waals surface area contributed by atoms with Crippen LogP contribution in [0, 0.1) is 0 Å². The molecule has 1 atom stereocenters. The lowest BCUT2D eigenvalue weighted by atomic mass is 10.2. The van der Waals surface area contributed by atoms with Crippen molar-refractivity contribution in [3.8, 4) is 0 Å². The predicted molar refractivity (Wildman–Crippen MR) is 85.4 cm³/mol. The Kier molecular flexibility index (Phi) is 9.35. The Balaban J connectivity index is 6.19. The van der Waals surface area contributed by atoms with Crippen molar-refractivity contribution in [2.75, 3.05) is 13.2 Å². The lowest BCUT2D eigenvalue weighted by Gasteiger charge is -2.34. The number of carbonyl (C=O) groups is 2. The van der Waals surface area contributed by atoms with E-state index in [0.717, 1.165) is 0 Å². The van der Waals surface area contributed by atoms with E-state index in [4.69, 9.17) is 4.55 Å². The van der Waals surface area contributed by atoms with Gasteiger partial charge < -0.3 is 14.8 Å². The van der Waals surface area contributed by atoms with Crippen LogP contribution in [0.3, 0.4) is 0 Å². The highest BCUT2D eigenvalue weighted by molar-refractivity contribution is 7.87. The molecule has 0 saturated carbocycles. The van der Waals surface area contributed by atoms with Gasteiger partial charge in [0.2, 0.25) is 0 Å². The number of nitrogens with one attached hydrogen (secondary N) is 1. The minimum Gasteiger partial charge on any atom is -0.412 e. The number of hydrogen-bond acceptors (Lipinski definition) is 6. The van der Waals surface area contributed by atoms with Crippen LogP contribution in [-0.4, -0.2) is 67.3 Å². The van der Waals surface area contributed by atoms with E-state index in [2.05, 4.69) is 16.1 Å². The van der Waals surface area contributed by atoms with Crippen molar-refractivity contribution in [1.82, 2.24) is 5.32 Å². The molecule has 8 nitrogen and oxygen atoms in total. The van der Waals surface area contributed by atoms with Gasteiger partial charge in [-0.15, -0.1) is 0 Å². The molecular formula is C14H15F10NO7S. The molecule has 0 aromatic carbocycles. The molecule has 194 valence electrons. The van der Waals surface area contributed by atoms with Crippen molar-refractivity contribution in [2.24, 2.45) is 0 Å². The Morgan fingerprint density at radius 1 is 1.00 bits per heavy atom. The molecule has 0 radical (unpaired) electrons. The minimum atomic E-state index is -6.79. The zero-order valence-electron chi connectivity index (χ0n) is 16.1. The van der Waals surface area contributed by atoms with Gasteiger partial charge in [0, 0.05) is 13.0 Å². The summed E-state index contributed by atoms with van der Waals surface area (Å²) in [5.74, 6) is -16.3. The first-order chi connectivity index (χ1) is 14.5. The van der Waals surface area contributed by atoms with Crippen molar-refractivity contribution >= 4 is 22.0 Å². The smallest absolute Gasteiger partial charge is 0.412 e. The van der Waals surface area contributed by atoms with Gasteiger partial charge in [-0.25, -0.2) is 4.79 Å². The number of halogens is 10. The molecule has 0 aliphatic heterocycles. The van der Waals surface area contributed by atoms with Gasteiger partial charge in [0.05, 0.1) is 6.61 Å². The third-order valence-corrected chi connectivity index (χ3v) is 4.45. The van der Waals surface area contributed by atoms with Gasteiger partial charge in [-0.05, 0) is 6.42 Å². The highest BCUT2D eigenvalue weighted by atomic mass is 32.2. The van der Waals surface area contributed by atoms with Gasteiger partial charge >= 0.3 is 51.3 Å². The molecule has 19 heteroatoms. The van der Waals surface area contributed by atoms with E-state index >= 15 is 0 Å². The Morgan fingerprint density at radius 3 is 1.85 bits per heavy atom. The van der Waals surface area contributed by atoms with Crippen LogP contribution < -0.4 is 5.32 Å². The van der Waals surface area contributed by atoms with Crippen LogP contribution in [0.4, 0.5) is 43.9 Å². The molecule has 0 saturated heterocycles. The Morgan fingerprint density at radius 2 is 1.48 bits per heavy atom. The summed E-state index contributed by atoms with van der Waals surface area (Å²) in [6, 6.07) is 0. The van der Waals surface area contributed by atoms with Gasteiger partial charge in [0.1, 0.15) is 5.57 Å². The number of alkyl halides is 10. The van der Waals surface area contributed by atoms with Gasteiger partial charge in [-0.3, -0.25) is 9.35 Å². The van der Waals surface area contributed by atoms with Gasteiger partial charge in [0.25, 0.3) is 0 Å². The van der Waals surface area contributed by atoms with E-state index in [1.165, 1.54) is 12.2 Å². The number of carbonyl (C=O) groups excluding carboxylic acids is 2. The largest absolute Gasteiger partial charge is 0.466 e. The third kappa shape index (κ3) is 6.92. The number of ether oxygens (including phenoxy) is 2. The zero-order valence-corrected chi connectivity index (χ0v) is 16.9. The van der Waals surface area contributed by atoms with Gasteiger partial charge in [0.15, 0.2) is 0 Å². The van der Waals surface area contributed by atoms with Crippen LogP contribution in [0.25, 0.3) is 0 Å². The van der Waals surface area contributed by atoms with Crippen molar-refractivity contribution in [3.05, 3.63) is 12.2 Å². The van der Waals surface area contributed by atoms with E-state index in [-0.39, 0.29) is 6.42 Å². The summed E-state index contributed by atoms with van der Waals surface area (Å²) < 4.78 is 168. The molecule has 1 unspecified atom stereocenters. The maximum absolute atomic E-state index is 13.6. The number of hydrogen-bond donors (Lipinski definition) is 2. The maximum atomic E-state index is 13.6. The topological polar surface area (TPSA) is 119 Å². The average molecular weight is 531 g/mol. The first kappa shape index (κ1) is 30.9. The zero-order chi connectivity index (χ0) is 26.7. The summed E-state index contributed by atoms with van der Waals surface area (Å²) in [6.07, 6.45) is -14.7. The number of rotatable bonds is 11. The molecule has 0 bridgehead atoms. The third-order valence-electron chi connectivity index (χ3n) is 3.50. The van der Waals surface area contributed by atoms with E-state index in [1.807, 2.05) is 0 Å². The Bertz CT molecular complexity index is 853.